The van der Waals surface area contributed by atoms with Crippen molar-refractivity contribution in [1.29, 1.82) is 0 Å². The first-order valence-corrected chi connectivity index (χ1v) is 12.1. The predicted molar refractivity (Wildman–Crippen MR) is 137 cm³/mol. The maximum absolute atomic E-state index is 13.6. The largest absolute Gasteiger partial charge is 0.454 e. The van der Waals surface area contributed by atoms with E-state index < -0.39 is 12.0 Å². The van der Waals surface area contributed by atoms with Gasteiger partial charge in [0.15, 0.2) is 16.6 Å². The molecule has 0 spiro atoms. The molecule has 9 nitrogen and oxygen atoms in total. The second-order valence-corrected chi connectivity index (χ2v) is 9.96. The molecule has 2 aliphatic heterocycles. The van der Waals surface area contributed by atoms with Crippen molar-refractivity contribution in [3.63, 3.8) is 0 Å². The maximum atomic E-state index is 13.6. The van der Waals surface area contributed by atoms with Gasteiger partial charge in [-0.1, -0.05) is 24.3 Å². The van der Waals surface area contributed by atoms with Crippen LogP contribution in [0.1, 0.15) is 44.0 Å². The summed E-state index contributed by atoms with van der Waals surface area (Å²) in [5, 5.41) is 3.53. The molecule has 1 aromatic heterocycles. The molecule has 3 aromatic rings. The summed E-state index contributed by atoms with van der Waals surface area (Å²) in [5.41, 5.74) is 2.94. The summed E-state index contributed by atoms with van der Waals surface area (Å²) in [5.74, 6) is 0.335. The highest BCUT2D eigenvalue weighted by Crippen LogP contribution is 2.45. The number of amides is 3. The highest BCUT2D eigenvalue weighted by molar-refractivity contribution is 7.15. The summed E-state index contributed by atoms with van der Waals surface area (Å²) in [6.45, 7) is 4.05. The number of likely N-dealkylation sites (N-methyl/N-ethyl adjacent to an activating group) is 1. The third-order valence-corrected chi connectivity index (χ3v) is 7.06. The van der Waals surface area contributed by atoms with Gasteiger partial charge in [-0.15, -0.1) is 11.3 Å². The van der Waals surface area contributed by atoms with Crippen LogP contribution in [0.3, 0.4) is 0 Å². The zero-order valence-corrected chi connectivity index (χ0v) is 21.6. The molecule has 2 aromatic carbocycles. The number of fused-ring (bicyclic) bond motifs is 2. The molecule has 36 heavy (non-hydrogen) atoms. The number of rotatable bonds is 4. The van der Waals surface area contributed by atoms with Crippen LogP contribution in [-0.2, 0) is 9.59 Å². The van der Waals surface area contributed by atoms with Crippen LogP contribution in [0.2, 0.25) is 0 Å². The normalized spacial score (nSPS) is 17.6. The molecule has 5 rings (SSSR count). The molecule has 3 amide bonds. The first-order chi connectivity index (χ1) is 17.2. The van der Waals surface area contributed by atoms with Crippen molar-refractivity contribution in [2.24, 2.45) is 0 Å². The fourth-order valence-electron chi connectivity index (χ4n) is 4.18. The number of carbonyl (C=O) groups excluding carboxylic acids is 3. The van der Waals surface area contributed by atoms with Crippen LogP contribution in [0.5, 0.6) is 11.5 Å². The summed E-state index contributed by atoms with van der Waals surface area (Å²) in [4.78, 5) is 44.7. The van der Waals surface area contributed by atoms with Gasteiger partial charge in [0.1, 0.15) is 0 Å². The first-order valence-electron chi connectivity index (χ1n) is 11.3. The van der Waals surface area contributed by atoms with Gasteiger partial charge in [0.05, 0.1) is 17.7 Å². The fourth-order valence-corrected chi connectivity index (χ4v) is 5.00. The van der Waals surface area contributed by atoms with Crippen molar-refractivity contribution < 1.29 is 23.9 Å². The molecule has 2 atom stereocenters. The molecule has 188 valence electrons. The molecule has 3 heterocycles. The summed E-state index contributed by atoms with van der Waals surface area (Å²) < 4.78 is 11.0. The molecule has 10 heteroatoms. The molecule has 0 radical (unpaired) electrons. The number of ether oxygens (including phenoxy) is 2. The van der Waals surface area contributed by atoms with Gasteiger partial charge in [0.25, 0.3) is 5.91 Å². The SMILES string of the molecule is CN(C)C=O.Cc1nc(NC(=O)C2c3ccccc3C(=O)N(C)C2c2ccc3c(c2)OCO3)sc1C. The Balaban J connectivity index is 0.000000556. The molecular weight excluding hydrogens is 480 g/mol. The standard InChI is InChI=1S/C23H21N3O4S.C3H7NO/c1-12-13(2)31-23(24-12)25-21(27)19-15-6-4-5-7-16(15)22(28)26(3)20(19)14-8-9-17-18(10-14)30-11-29-17;1-4(2)3-5/h4-10,19-20H,11H2,1-3H3,(H,24,25,27);3H,1-2H3. The van der Waals surface area contributed by atoms with E-state index in [0.717, 1.165) is 22.5 Å². The van der Waals surface area contributed by atoms with E-state index in [1.165, 1.54) is 16.2 Å². The Hall–Kier alpha value is -3.92. The molecule has 0 saturated heterocycles. The molecule has 1 N–H and O–H groups in total. The number of nitrogens with one attached hydrogen (secondary N) is 1. The minimum atomic E-state index is -0.608. The van der Waals surface area contributed by atoms with Gasteiger partial charge in [-0.05, 0) is 43.2 Å². The van der Waals surface area contributed by atoms with Crippen molar-refractivity contribution in [1.82, 2.24) is 14.8 Å². The van der Waals surface area contributed by atoms with Crippen LogP contribution in [0.25, 0.3) is 0 Å². The average molecular weight is 509 g/mol. The number of aryl methyl sites for hydroxylation is 2. The summed E-state index contributed by atoms with van der Waals surface area (Å²) in [6, 6.07) is 12.3. The molecule has 0 fully saturated rings. The third kappa shape index (κ3) is 4.90. The quantitative estimate of drug-likeness (QED) is 0.539. The Bertz CT molecular complexity index is 1290. The number of thiazole rings is 1. The highest BCUT2D eigenvalue weighted by atomic mass is 32.1. The molecule has 0 saturated carbocycles. The minimum Gasteiger partial charge on any atom is -0.454 e. The number of benzene rings is 2. The van der Waals surface area contributed by atoms with Gasteiger partial charge >= 0.3 is 0 Å². The van der Waals surface area contributed by atoms with E-state index in [2.05, 4.69) is 10.3 Å². The highest BCUT2D eigenvalue weighted by Gasteiger charge is 2.43. The average Bonchev–Trinajstić information content (AvgIpc) is 3.46. The zero-order valence-electron chi connectivity index (χ0n) is 20.8. The molecule has 0 aliphatic carbocycles. The Morgan fingerprint density at radius 3 is 2.53 bits per heavy atom. The fraction of sp³-hybridized carbons (Fsp3) is 0.308. The number of aromatic nitrogens is 1. The molecular formula is C26H28N4O5S. The van der Waals surface area contributed by atoms with Crippen LogP contribution < -0.4 is 14.8 Å². The summed E-state index contributed by atoms with van der Waals surface area (Å²) in [6.07, 6.45) is 0.750. The zero-order chi connectivity index (χ0) is 26.0. The van der Waals surface area contributed by atoms with E-state index in [0.29, 0.717) is 27.8 Å². The lowest BCUT2D eigenvalue weighted by Crippen LogP contribution is -2.44. The van der Waals surface area contributed by atoms with Gasteiger partial charge in [0, 0.05) is 31.6 Å². The Labute approximate surface area is 213 Å². The molecule has 2 unspecified atom stereocenters. The van der Waals surface area contributed by atoms with Gasteiger partial charge in [-0.2, -0.15) is 0 Å². The van der Waals surface area contributed by atoms with Gasteiger partial charge in [-0.25, -0.2) is 4.98 Å². The Kier molecular flexibility index (Phi) is 7.25. The lowest BCUT2D eigenvalue weighted by Gasteiger charge is -2.39. The lowest BCUT2D eigenvalue weighted by atomic mass is 9.79. The van der Waals surface area contributed by atoms with Gasteiger partial charge < -0.3 is 24.6 Å². The van der Waals surface area contributed by atoms with E-state index in [9.17, 15) is 14.4 Å². The summed E-state index contributed by atoms with van der Waals surface area (Å²) >= 11 is 1.44. The van der Waals surface area contributed by atoms with Crippen LogP contribution in [-0.4, -0.2) is 60.9 Å². The lowest BCUT2D eigenvalue weighted by molar-refractivity contribution is -0.119. The Morgan fingerprint density at radius 2 is 1.86 bits per heavy atom. The van der Waals surface area contributed by atoms with E-state index in [4.69, 9.17) is 9.47 Å². The van der Waals surface area contributed by atoms with Gasteiger partial charge in [0.2, 0.25) is 19.1 Å². The van der Waals surface area contributed by atoms with Crippen LogP contribution in [0.15, 0.2) is 42.5 Å². The van der Waals surface area contributed by atoms with Crippen molar-refractivity contribution in [3.8, 4) is 11.5 Å². The topological polar surface area (TPSA) is 101 Å². The number of hydrogen-bond donors (Lipinski definition) is 1. The first kappa shape index (κ1) is 25.2. The van der Waals surface area contributed by atoms with E-state index >= 15 is 0 Å². The molecule has 0 bridgehead atoms. The minimum absolute atomic E-state index is 0.122. The monoisotopic (exact) mass is 508 g/mol. The van der Waals surface area contributed by atoms with Crippen LogP contribution in [0, 0.1) is 13.8 Å². The van der Waals surface area contributed by atoms with Crippen molar-refractivity contribution >= 4 is 34.7 Å². The number of carbonyl (C=O) groups is 3. The number of nitrogens with zero attached hydrogens (tertiary/aromatic N) is 3. The van der Waals surface area contributed by atoms with Crippen molar-refractivity contribution in [3.05, 3.63) is 69.7 Å². The second-order valence-electron chi connectivity index (χ2n) is 8.76. The second kappa shape index (κ2) is 10.4. The summed E-state index contributed by atoms with van der Waals surface area (Å²) in [7, 11) is 5.10. The van der Waals surface area contributed by atoms with Crippen LogP contribution >= 0.6 is 11.3 Å². The third-order valence-electron chi connectivity index (χ3n) is 6.07. The number of anilines is 1. The smallest absolute Gasteiger partial charge is 0.254 e. The van der Waals surface area contributed by atoms with Crippen molar-refractivity contribution in [2.45, 2.75) is 25.8 Å². The molecule has 2 aliphatic rings. The van der Waals surface area contributed by atoms with E-state index in [-0.39, 0.29) is 18.6 Å². The predicted octanol–water partition coefficient (Wildman–Crippen LogP) is 3.74. The maximum Gasteiger partial charge on any atom is 0.254 e. The van der Waals surface area contributed by atoms with Crippen molar-refractivity contribution in [2.75, 3.05) is 33.3 Å². The van der Waals surface area contributed by atoms with Gasteiger partial charge in [-0.3, -0.25) is 14.4 Å². The van der Waals surface area contributed by atoms with E-state index in [1.54, 1.807) is 32.1 Å². The van der Waals surface area contributed by atoms with E-state index in [1.807, 2.05) is 50.2 Å². The number of hydrogen-bond acceptors (Lipinski definition) is 7. The van der Waals surface area contributed by atoms with Crippen LogP contribution in [0.4, 0.5) is 5.13 Å². The Morgan fingerprint density at radius 1 is 1.17 bits per heavy atom.